The number of ether oxygens (including phenoxy) is 1. The summed E-state index contributed by atoms with van der Waals surface area (Å²) in [6, 6.07) is 8.49. The van der Waals surface area contributed by atoms with Crippen molar-refractivity contribution in [2.45, 2.75) is 39.3 Å². The van der Waals surface area contributed by atoms with Gasteiger partial charge in [-0.05, 0) is 38.3 Å². The Hall–Kier alpha value is -1.45. The molecule has 1 aromatic heterocycles. The highest BCUT2D eigenvalue weighted by atomic mass is 16.5. The van der Waals surface area contributed by atoms with Crippen LogP contribution in [-0.2, 0) is 4.74 Å². The predicted molar refractivity (Wildman–Crippen MR) is 83.9 cm³/mol. The molecule has 0 bridgehead atoms. The van der Waals surface area contributed by atoms with Crippen molar-refractivity contribution in [3.63, 3.8) is 0 Å². The maximum Gasteiger partial charge on any atom is 0.0821 e. The van der Waals surface area contributed by atoms with E-state index in [0.29, 0.717) is 6.61 Å². The highest BCUT2D eigenvalue weighted by Crippen LogP contribution is 2.32. The van der Waals surface area contributed by atoms with E-state index >= 15 is 0 Å². The van der Waals surface area contributed by atoms with Crippen molar-refractivity contribution in [3.8, 4) is 0 Å². The summed E-state index contributed by atoms with van der Waals surface area (Å²) in [6.45, 7) is 10.0. The van der Waals surface area contributed by atoms with Crippen molar-refractivity contribution in [1.82, 2.24) is 10.3 Å². The van der Waals surface area contributed by atoms with Crippen molar-refractivity contribution in [1.29, 1.82) is 0 Å². The Labute approximate surface area is 121 Å². The van der Waals surface area contributed by atoms with E-state index in [0.717, 1.165) is 6.54 Å². The van der Waals surface area contributed by atoms with E-state index < -0.39 is 0 Å². The lowest BCUT2D eigenvalue weighted by Gasteiger charge is -2.35. The van der Waals surface area contributed by atoms with E-state index in [9.17, 15) is 0 Å². The summed E-state index contributed by atoms with van der Waals surface area (Å²) in [5.41, 5.74) is 0.916. The maximum atomic E-state index is 5.96. The fraction of sp³-hybridized carbons (Fsp3) is 0.471. The van der Waals surface area contributed by atoms with Crippen LogP contribution >= 0.6 is 0 Å². The van der Waals surface area contributed by atoms with Crippen LogP contribution in [0, 0.1) is 0 Å². The smallest absolute Gasteiger partial charge is 0.0821 e. The zero-order chi connectivity index (χ0) is 14.6. The lowest BCUT2D eigenvalue weighted by atomic mass is 9.89. The van der Waals surface area contributed by atoms with Gasteiger partial charge in [-0.15, -0.1) is 0 Å². The topological polar surface area (TPSA) is 34.2 Å². The number of aromatic nitrogens is 1. The van der Waals surface area contributed by atoms with Gasteiger partial charge >= 0.3 is 0 Å². The van der Waals surface area contributed by atoms with Crippen molar-refractivity contribution < 1.29 is 4.74 Å². The number of nitrogens with zero attached hydrogens (tertiary/aromatic N) is 1. The number of nitrogens with one attached hydrogen (secondary N) is 1. The van der Waals surface area contributed by atoms with Crippen LogP contribution in [0.1, 0.15) is 39.3 Å². The molecule has 2 rings (SSSR count). The number of hydrogen-bond acceptors (Lipinski definition) is 3. The molecular formula is C17H24N2O. The molecule has 1 aromatic carbocycles. The first-order chi connectivity index (χ1) is 9.60. The highest BCUT2D eigenvalue weighted by molar-refractivity contribution is 5.85. The molecule has 0 spiro atoms. The van der Waals surface area contributed by atoms with Crippen molar-refractivity contribution in [2.24, 2.45) is 0 Å². The van der Waals surface area contributed by atoms with Gasteiger partial charge in [-0.1, -0.05) is 31.2 Å². The lowest BCUT2D eigenvalue weighted by Crippen LogP contribution is -2.41. The number of hydrogen-bond donors (Lipinski definition) is 1. The number of rotatable bonds is 6. The molecule has 0 aliphatic rings. The third-order valence-electron chi connectivity index (χ3n) is 3.63. The molecule has 108 valence electrons. The second-order valence-electron chi connectivity index (χ2n) is 5.48. The standard InChI is InChI=1S/C17H24N2O/c1-5-19-16(17(3,4)20-6-2)15-12-18-11-13-9-7-8-10-14(13)15/h7-12,16,19H,5-6H2,1-4H3. The molecule has 0 aliphatic heterocycles. The zero-order valence-corrected chi connectivity index (χ0v) is 12.8. The Morgan fingerprint density at radius 2 is 1.95 bits per heavy atom. The average molecular weight is 272 g/mol. The summed E-state index contributed by atoms with van der Waals surface area (Å²) < 4.78 is 5.96. The molecule has 0 radical (unpaired) electrons. The zero-order valence-electron chi connectivity index (χ0n) is 12.8. The summed E-state index contributed by atoms with van der Waals surface area (Å²) in [5, 5.41) is 5.96. The largest absolute Gasteiger partial charge is 0.374 e. The molecule has 2 aromatic rings. The van der Waals surface area contributed by atoms with Crippen LogP contribution in [0.4, 0.5) is 0 Å². The van der Waals surface area contributed by atoms with Crippen LogP contribution in [0.3, 0.4) is 0 Å². The second-order valence-corrected chi connectivity index (χ2v) is 5.48. The Morgan fingerprint density at radius 1 is 1.20 bits per heavy atom. The molecule has 0 saturated carbocycles. The Balaban J connectivity index is 2.52. The van der Waals surface area contributed by atoms with E-state index in [1.54, 1.807) is 0 Å². The van der Waals surface area contributed by atoms with E-state index in [2.05, 4.69) is 49.3 Å². The van der Waals surface area contributed by atoms with Gasteiger partial charge in [0.2, 0.25) is 0 Å². The molecule has 0 aliphatic carbocycles. The second kappa shape index (κ2) is 6.33. The molecular weight excluding hydrogens is 248 g/mol. The first-order valence-electron chi connectivity index (χ1n) is 7.30. The van der Waals surface area contributed by atoms with Crippen molar-refractivity contribution in [3.05, 3.63) is 42.2 Å². The van der Waals surface area contributed by atoms with Crippen LogP contribution in [-0.4, -0.2) is 23.7 Å². The molecule has 3 nitrogen and oxygen atoms in total. The molecule has 0 fully saturated rings. The van der Waals surface area contributed by atoms with E-state index in [4.69, 9.17) is 4.74 Å². The van der Waals surface area contributed by atoms with Crippen LogP contribution in [0.5, 0.6) is 0 Å². The third kappa shape index (κ3) is 3.00. The van der Waals surface area contributed by atoms with Gasteiger partial charge in [0, 0.05) is 24.4 Å². The molecule has 20 heavy (non-hydrogen) atoms. The van der Waals surface area contributed by atoms with Gasteiger partial charge in [0.25, 0.3) is 0 Å². The molecule has 1 unspecified atom stereocenters. The van der Waals surface area contributed by atoms with E-state index in [-0.39, 0.29) is 11.6 Å². The first-order valence-corrected chi connectivity index (χ1v) is 7.30. The molecule has 1 heterocycles. The molecule has 1 N–H and O–H groups in total. The number of benzene rings is 1. The average Bonchev–Trinajstić information content (AvgIpc) is 2.44. The predicted octanol–water partition coefficient (Wildman–Crippen LogP) is 3.70. The molecule has 3 heteroatoms. The van der Waals surface area contributed by atoms with Gasteiger partial charge in [0.05, 0.1) is 11.6 Å². The Morgan fingerprint density at radius 3 is 2.65 bits per heavy atom. The normalized spacial score (nSPS) is 13.6. The lowest BCUT2D eigenvalue weighted by molar-refractivity contribution is -0.0386. The van der Waals surface area contributed by atoms with Crippen LogP contribution in [0.2, 0.25) is 0 Å². The summed E-state index contributed by atoms with van der Waals surface area (Å²) in [7, 11) is 0. The molecule has 1 atom stereocenters. The van der Waals surface area contributed by atoms with E-state index in [1.807, 2.05) is 25.4 Å². The van der Waals surface area contributed by atoms with Gasteiger partial charge in [-0.3, -0.25) is 4.98 Å². The number of pyridine rings is 1. The Kier molecular flexibility index (Phi) is 4.73. The summed E-state index contributed by atoms with van der Waals surface area (Å²) in [4.78, 5) is 4.39. The van der Waals surface area contributed by atoms with Crippen LogP contribution in [0.25, 0.3) is 10.8 Å². The van der Waals surface area contributed by atoms with Crippen LogP contribution in [0.15, 0.2) is 36.7 Å². The minimum absolute atomic E-state index is 0.117. The maximum absolute atomic E-state index is 5.96. The summed E-state index contributed by atoms with van der Waals surface area (Å²) >= 11 is 0. The van der Waals surface area contributed by atoms with Crippen LogP contribution < -0.4 is 5.32 Å². The molecule has 0 saturated heterocycles. The van der Waals surface area contributed by atoms with Gasteiger partial charge in [-0.25, -0.2) is 0 Å². The Bertz CT molecular complexity index is 560. The first kappa shape index (κ1) is 14.9. The monoisotopic (exact) mass is 272 g/mol. The van der Waals surface area contributed by atoms with Gasteiger partial charge in [-0.2, -0.15) is 0 Å². The summed E-state index contributed by atoms with van der Waals surface area (Å²) in [6.07, 6.45) is 3.87. The number of fused-ring (bicyclic) bond motifs is 1. The van der Waals surface area contributed by atoms with Gasteiger partial charge < -0.3 is 10.1 Å². The minimum atomic E-state index is -0.281. The fourth-order valence-electron chi connectivity index (χ4n) is 2.76. The van der Waals surface area contributed by atoms with E-state index in [1.165, 1.54) is 16.3 Å². The quantitative estimate of drug-likeness (QED) is 0.870. The van der Waals surface area contributed by atoms with Gasteiger partial charge in [0.1, 0.15) is 0 Å². The molecule has 0 amide bonds. The minimum Gasteiger partial charge on any atom is -0.374 e. The van der Waals surface area contributed by atoms with Gasteiger partial charge in [0.15, 0.2) is 0 Å². The number of likely N-dealkylation sites (N-methyl/N-ethyl adjacent to an activating group) is 1. The van der Waals surface area contributed by atoms with Crippen molar-refractivity contribution >= 4 is 10.8 Å². The highest BCUT2D eigenvalue weighted by Gasteiger charge is 2.32. The van der Waals surface area contributed by atoms with Crippen molar-refractivity contribution in [2.75, 3.05) is 13.2 Å². The third-order valence-corrected chi connectivity index (χ3v) is 3.63. The SMILES string of the molecule is CCNC(c1cncc2ccccc12)C(C)(C)OCC. The fourth-order valence-corrected chi connectivity index (χ4v) is 2.76. The summed E-state index contributed by atoms with van der Waals surface area (Å²) in [5.74, 6) is 0.